The van der Waals surface area contributed by atoms with Crippen LogP contribution in [0.4, 0.5) is 4.39 Å². The molecule has 0 aliphatic rings. The number of hydrogen-bond acceptors (Lipinski definition) is 4. The van der Waals surface area contributed by atoms with Crippen LogP contribution in [0.5, 0.6) is 11.5 Å². The van der Waals surface area contributed by atoms with E-state index in [1.165, 1.54) is 17.7 Å². The van der Waals surface area contributed by atoms with Crippen molar-refractivity contribution in [2.75, 3.05) is 33.8 Å². The number of halogens is 2. The van der Waals surface area contributed by atoms with E-state index in [2.05, 4.69) is 17.0 Å². The van der Waals surface area contributed by atoms with Gasteiger partial charge in [-0.05, 0) is 54.3 Å². The molecule has 0 aromatic heterocycles. The second-order valence-corrected chi connectivity index (χ2v) is 8.26. The van der Waals surface area contributed by atoms with E-state index in [0.29, 0.717) is 31.1 Å². The molecule has 0 spiro atoms. The van der Waals surface area contributed by atoms with Crippen molar-refractivity contribution in [3.63, 3.8) is 0 Å². The van der Waals surface area contributed by atoms with Crippen LogP contribution in [-0.4, -0.2) is 49.5 Å². The highest BCUT2D eigenvalue weighted by atomic mass is 35.5. The lowest BCUT2D eigenvalue weighted by molar-refractivity contribution is -0.131. The van der Waals surface area contributed by atoms with Gasteiger partial charge in [0.25, 0.3) is 0 Å². The highest BCUT2D eigenvalue weighted by Gasteiger charge is 2.15. The largest absolute Gasteiger partial charge is 0.493 e. The Morgan fingerprint density at radius 2 is 1.66 bits per heavy atom. The van der Waals surface area contributed by atoms with Crippen molar-refractivity contribution < 1.29 is 18.7 Å². The van der Waals surface area contributed by atoms with Gasteiger partial charge >= 0.3 is 0 Å². The van der Waals surface area contributed by atoms with Crippen molar-refractivity contribution in [3.05, 3.63) is 95.3 Å². The van der Waals surface area contributed by atoms with Crippen LogP contribution in [0.15, 0.2) is 72.8 Å². The first-order chi connectivity index (χ1) is 16.5. The van der Waals surface area contributed by atoms with Crippen molar-refractivity contribution in [3.8, 4) is 11.5 Å². The molecule has 3 aromatic rings. The summed E-state index contributed by atoms with van der Waals surface area (Å²) in [6, 6.07) is 22.4. The molecule has 0 unspecified atom stereocenters. The summed E-state index contributed by atoms with van der Waals surface area (Å²) in [6.45, 7) is 4.72. The van der Waals surface area contributed by atoms with Crippen LogP contribution in [-0.2, 0) is 24.4 Å². The Labute approximate surface area is 213 Å². The van der Waals surface area contributed by atoms with Gasteiger partial charge < -0.3 is 14.4 Å². The summed E-state index contributed by atoms with van der Waals surface area (Å²) in [7, 11) is 3.44. The average Bonchev–Trinajstić information content (AvgIpc) is 2.86. The number of carbonyl (C=O) groups excluding carboxylic acids is 1. The Hall–Kier alpha value is -3.09. The monoisotopic (exact) mass is 500 g/mol. The number of hydrogen-bond donors (Lipinski definition) is 0. The lowest BCUT2D eigenvalue weighted by Crippen LogP contribution is -2.38. The van der Waals surface area contributed by atoms with E-state index in [9.17, 15) is 9.18 Å². The number of carbonyl (C=O) groups is 1. The Balaban J connectivity index is 0.00000432. The van der Waals surface area contributed by atoms with Crippen LogP contribution in [0.25, 0.3) is 0 Å². The number of amides is 1. The van der Waals surface area contributed by atoms with Crippen molar-refractivity contribution in [1.29, 1.82) is 0 Å². The zero-order valence-electron chi connectivity index (χ0n) is 20.6. The van der Waals surface area contributed by atoms with Crippen molar-refractivity contribution >= 4 is 18.3 Å². The van der Waals surface area contributed by atoms with E-state index in [-0.39, 0.29) is 30.7 Å². The fourth-order valence-corrected chi connectivity index (χ4v) is 3.61. The summed E-state index contributed by atoms with van der Waals surface area (Å²) in [5.74, 6) is 1.06. The summed E-state index contributed by atoms with van der Waals surface area (Å²) in [5, 5.41) is 0. The summed E-state index contributed by atoms with van der Waals surface area (Å²) >= 11 is 0. The van der Waals surface area contributed by atoms with Crippen LogP contribution in [0.2, 0.25) is 0 Å². The molecule has 0 aliphatic carbocycles. The highest BCUT2D eigenvalue weighted by molar-refractivity contribution is 5.85. The van der Waals surface area contributed by atoms with Crippen LogP contribution < -0.4 is 9.47 Å². The fraction of sp³-hybridized carbons (Fsp3) is 0.321. The first-order valence-corrected chi connectivity index (χ1v) is 11.5. The fourth-order valence-electron chi connectivity index (χ4n) is 3.61. The van der Waals surface area contributed by atoms with Gasteiger partial charge in [-0.25, -0.2) is 4.39 Å². The molecule has 7 heteroatoms. The molecule has 35 heavy (non-hydrogen) atoms. The third kappa shape index (κ3) is 8.89. The predicted octanol–water partition coefficient (Wildman–Crippen LogP) is 5.36. The third-order valence-corrected chi connectivity index (χ3v) is 5.74. The normalized spacial score (nSPS) is 10.5. The number of ether oxygens (including phenoxy) is 2. The number of rotatable bonds is 12. The molecule has 0 radical (unpaired) electrons. The minimum absolute atomic E-state index is 0. The second kappa shape index (κ2) is 14.3. The molecule has 0 saturated heterocycles. The summed E-state index contributed by atoms with van der Waals surface area (Å²) in [4.78, 5) is 16.5. The third-order valence-electron chi connectivity index (χ3n) is 5.74. The van der Waals surface area contributed by atoms with Crippen molar-refractivity contribution in [2.45, 2.75) is 26.5 Å². The van der Waals surface area contributed by atoms with Crippen LogP contribution in [0.1, 0.15) is 23.6 Å². The number of nitrogens with zero attached hydrogens (tertiary/aromatic N) is 2. The first-order valence-electron chi connectivity index (χ1n) is 11.5. The van der Waals surface area contributed by atoms with E-state index in [0.717, 1.165) is 24.1 Å². The maximum absolute atomic E-state index is 13.4. The summed E-state index contributed by atoms with van der Waals surface area (Å²) in [6.07, 6.45) is 0.760. The molecule has 1 amide bonds. The van der Waals surface area contributed by atoms with E-state index in [1.54, 1.807) is 18.1 Å². The molecule has 3 rings (SSSR count). The lowest BCUT2D eigenvalue weighted by Gasteiger charge is -2.25. The molecule has 0 N–H and O–H groups in total. The minimum atomic E-state index is -0.285. The zero-order chi connectivity index (χ0) is 24.3. The van der Waals surface area contributed by atoms with Gasteiger partial charge in [-0.2, -0.15) is 0 Å². The molecular weight excluding hydrogens is 467 g/mol. The molecule has 5 nitrogen and oxygen atoms in total. The standard InChI is InChI=1S/C28H33FN2O3.ClH/c1-4-30(2)28(32)20-31(19-23-9-6-5-7-10-23)16-15-22-13-14-26(27(18-22)33-3)34-21-24-11-8-12-25(29)17-24;/h5-14,17-18H,4,15-16,19-21H2,1-3H3;1H. The van der Waals surface area contributed by atoms with Gasteiger partial charge in [0.05, 0.1) is 13.7 Å². The highest BCUT2D eigenvalue weighted by Crippen LogP contribution is 2.29. The summed E-state index contributed by atoms with van der Waals surface area (Å²) in [5.41, 5.74) is 3.02. The smallest absolute Gasteiger partial charge is 0.236 e. The van der Waals surface area contributed by atoms with Crippen LogP contribution in [0, 0.1) is 5.82 Å². The Bertz CT molecular complexity index is 1070. The van der Waals surface area contributed by atoms with Gasteiger partial charge in [-0.1, -0.05) is 48.5 Å². The average molecular weight is 501 g/mol. The quantitative estimate of drug-likeness (QED) is 0.336. The van der Waals surface area contributed by atoms with Crippen molar-refractivity contribution in [2.24, 2.45) is 0 Å². The topological polar surface area (TPSA) is 42.0 Å². The Morgan fingerprint density at radius 1 is 0.914 bits per heavy atom. The second-order valence-electron chi connectivity index (χ2n) is 8.26. The number of benzene rings is 3. The lowest BCUT2D eigenvalue weighted by atomic mass is 10.1. The minimum Gasteiger partial charge on any atom is -0.493 e. The molecule has 0 bridgehead atoms. The first kappa shape index (κ1) is 28.1. The van der Waals surface area contributed by atoms with E-state index in [1.807, 2.05) is 56.4 Å². The zero-order valence-corrected chi connectivity index (χ0v) is 21.4. The van der Waals surface area contributed by atoms with Gasteiger partial charge in [0.15, 0.2) is 11.5 Å². The molecule has 0 heterocycles. The maximum atomic E-state index is 13.4. The predicted molar refractivity (Wildman–Crippen MR) is 140 cm³/mol. The number of methoxy groups -OCH3 is 1. The SMILES string of the molecule is CCN(C)C(=O)CN(CCc1ccc(OCc2cccc(F)c2)c(OC)c1)Cc1ccccc1.Cl. The van der Waals surface area contributed by atoms with E-state index >= 15 is 0 Å². The van der Waals surface area contributed by atoms with Gasteiger partial charge in [0, 0.05) is 26.7 Å². The van der Waals surface area contributed by atoms with Gasteiger partial charge in [-0.15, -0.1) is 12.4 Å². The molecule has 3 aromatic carbocycles. The van der Waals surface area contributed by atoms with E-state index < -0.39 is 0 Å². The molecule has 0 fully saturated rings. The molecule has 0 atom stereocenters. The van der Waals surface area contributed by atoms with Gasteiger partial charge in [0.1, 0.15) is 12.4 Å². The molecule has 188 valence electrons. The van der Waals surface area contributed by atoms with Crippen molar-refractivity contribution in [1.82, 2.24) is 9.80 Å². The number of likely N-dealkylation sites (N-methyl/N-ethyl adjacent to an activating group) is 1. The van der Waals surface area contributed by atoms with Crippen LogP contribution in [0.3, 0.4) is 0 Å². The maximum Gasteiger partial charge on any atom is 0.236 e. The van der Waals surface area contributed by atoms with E-state index in [4.69, 9.17) is 9.47 Å². The van der Waals surface area contributed by atoms with Gasteiger partial charge in [-0.3, -0.25) is 9.69 Å². The Kier molecular flexibility index (Phi) is 11.5. The Morgan fingerprint density at radius 3 is 2.34 bits per heavy atom. The summed E-state index contributed by atoms with van der Waals surface area (Å²) < 4.78 is 24.8. The van der Waals surface area contributed by atoms with Gasteiger partial charge in [0.2, 0.25) is 5.91 Å². The van der Waals surface area contributed by atoms with Crippen LogP contribution >= 0.6 is 12.4 Å². The molecular formula is C28H34ClFN2O3. The molecule has 0 aliphatic heterocycles. The molecule has 0 saturated carbocycles.